The highest BCUT2D eigenvalue weighted by Crippen LogP contribution is 2.19. The van der Waals surface area contributed by atoms with Crippen LogP contribution in [0.3, 0.4) is 0 Å². The summed E-state index contributed by atoms with van der Waals surface area (Å²) in [6.07, 6.45) is 3.64. The van der Waals surface area contributed by atoms with Crippen molar-refractivity contribution in [3.63, 3.8) is 0 Å². The number of carbonyl (C=O) groups is 2. The van der Waals surface area contributed by atoms with Gasteiger partial charge in [0.15, 0.2) is 0 Å². The molecule has 2 heterocycles. The summed E-state index contributed by atoms with van der Waals surface area (Å²) in [4.78, 5) is 30.2. The Hall–Kier alpha value is -1.91. The number of likely N-dealkylation sites (tertiary alicyclic amines) is 1. The minimum absolute atomic E-state index is 0.0331. The molecule has 2 rings (SSSR count). The number of piperidine rings is 1. The average Bonchev–Trinajstić information content (AvgIpc) is 2.50. The van der Waals surface area contributed by atoms with Gasteiger partial charge in [0.1, 0.15) is 0 Å². The summed E-state index contributed by atoms with van der Waals surface area (Å²) in [6.45, 7) is 5.31. The molecule has 0 radical (unpaired) electrons. The highest BCUT2D eigenvalue weighted by atomic mass is 16.5. The fraction of sp³-hybridized carbons (Fsp3) is 0.562. The largest absolute Gasteiger partial charge is 0.466 e. The molecule has 1 aliphatic rings. The van der Waals surface area contributed by atoms with Gasteiger partial charge in [-0.1, -0.05) is 6.07 Å². The second-order valence-electron chi connectivity index (χ2n) is 5.37. The Kier molecular flexibility index (Phi) is 5.31. The molecule has 1 aliphatic heterocycles. The smallest absolute Gasteiger partial charge is 0.310 e. The first-order valence-electron chi connectivity index (χ1n) is 7.46. The van der Waals surface area contributed by atoms with Gasteiger partial charge in [-0.3, -0.25) is 14.6 Å². The highest BCUT2D eigenvalue weighted by Gasteiger charge is 2.29. The number of nitrogens with zero attached hydrogens (tertiary/aromatic N) is 2. The summed E-state index contributed by atoms with van der Waals surface area (Å²) >= 11 is 0. The Balaban J connectivity index is 1.96. The third kappa shape index (κ3) is 4.03. The van der Waals surface area contributed by atoms with E-state index >= 15 is 0 Å². The van der Waals surface area contributed by atoms with E-state index in [2.05, 4.69) is 4.98 Å². The summed E-state index contributed by atoms with van der Waals surface area (Å²) < 4.78 is 5.06. The van der Waals surface area contributed by atoms with Crippen LogP contribution in [0.2, 0.25) is 0 Å². The molecule has 114 valence electrons. The summed E-state index contributed by atoms with van der Waals surface area (Å²) in [6, 6.07) is 3.81. The van der Waals surface area contributed by atoms with Gasteiger partial charge >= 0.3 is 5.97 Å². The minimum atomic E-state index is -0.191. The number of ether oxygens (including phenoxy) is 1. The number of pyridine rings is 1. The molecule has 0 bridgehead atoms. The van der Waals surface area contributed by atoms with E-state index in [0.29, 0.717) is 26.1 Å². The maximum absolute atomic E-state index is 12.4. The molecule has 0 aromatic carbocycles. The fourth-order valence-electron chi connectivity index (χ4n) is 2.61. The molecular formula is C16H22N2O3. The van der Waals surface area contributed by atoms with Crippen LogP contribution in [0.4, 0.5) is 0 Å². The third-order valence-electron chi connectivity index (χ3n) is 3.83. The van der Waals surface area contributed by atoms with Gasteiger partial charge in [-0.25, -0.2) is 0 Å². The first kappa shape index (κ1) is 15.5. The summed E-state index contributed by atoms with van der Waals surface area (Å²) in [7, 11) is 0. The Labute approximate surface area is 125 Å². The number of aryl methyl sites for hydroxylation is 1. The zero-order valence-corrected chi connectivity index (χ0v) is 12.7. The summed E-state index contributed by atoms with van der Waals surface area (Å²) in [5.74, 6) is -0.345. The van der Waals surface area contributed by atoms with E-state index in [-0.39, 0.29) is 17.8 Å². The van der Waals surface area contributed by atoms with Crippen LogP contribution in [-0.2, 0) is 20.7 Å². The van der Waals surface area contributed by atoms with Gasteiger partial charge in [0.05, 0.1) is 24.6 Å². The molecule has 5 nitrogen and oxygen atoms in total. The fourth-order valence-corrected chi connectivity index (χ4v) is 2.61. The van der Waals surface area contributed by atoms with E-state index in [0.717, 1.165) is 24.1 Å². The Bertz CT molecular complexity index is 516. The van der Waals surface area contributed by atoms with Crippen molar-refractivity contribution in [2.45, 2.75) is 33.1 Å². The Morgan fingerprint density at radius 2 is 2.29 bits per heavy atom. The normalized spacial score (nSPS) is 18.4. The minimum Gasteiger partial charge on any atom is -0.466 e. The molecule has 5 heteroatoms. The van der Waals surface area contributed by atoms with E-state index < -0.39 is 0 Å². The van der Waals surface area contributed by atoms with Crippen molar-refractivity contribution < 1.29 is 14.3 Å². The molecule has 0 saturated carbocycles. The molecule has 1 saturated heterocycles. The van der Waals surface area contributed by atoms with Crippen molar-refractivity contribution in [1.29, 1.82) is 0 Å². The molecule has 21 heavy (non-hydrogen) atoms. The van der Waals surface area contributed by atoms with Crippen LogP contribution in [0.15, 0.2) is 18.3 Å². The number of hydrogen-bond acceptors (Lipinski definition) is 4. The molecule has 0 N–H and O–H groups in total. The molecule has 1 amide bonds. The van der Waals surface area contributed by atoms with Gasteiger partial charge in [-0.05, 0) is 38.3 Å². The maximum Gasteiger partial charge on any atom is 0.310 e. The van der Waals surface area contributed by atoms with Gasteiger partial charge in [-0.2, -0.15) is 0 Å². The standard InChI is InChI=1S/C16H22N2O3/c1-3-21-16(20)13-7-5-9-18(11-13)15(19)10-14-12(2)6-4-8-17-14/h4,6,8,13H,3,5,7,9-11H2,1-2H3. The average molecular weight is 290 g/mol. The Morgan fingerprint density at radius 3 is 3.00 bits per heavy atom. The predicted octanol–water partition coefficient (Wildman–Crippen LogP) is 1.73. The number of amides is 1. The van der Waals surface area contributed by atoms with Gasteiger partial charge in [0.2, 0.25) is 5.91 Å². The van der Waals surface area contributed by atoms with Crippen LogP contribution in [-0.4, -0.2) is 41.5 Å². The van der Waals surface area contributed by atoms with E-state index in [1.54, 1.807) is 18.0 Å². The molecule has 0 spiro atoms. The second-order valence-corrected chi connectivity index (χ2v) is 5.37. The molecule has 1 aromatic heterocycles. The van der Waals surface area contributed by atoms with E-state index in [4.69, 9.17) is 4.74 Å². The van der Waals surface area contributed by atoms with Crippen molar-refractivity contribution in [2.75, 3.05) is 19.7 Å². The van der Waals surface area contributed by atoms with Crippen LogP contribution < -0.4 is 0 Å². The topological polar surface area (TPSA) is 59.5 Å². The van der Waals surface area contributed by atoms with Crippen molar-refractivity contribution in [3.05, 3.63) is 29.6 Å². The van der Waals surface area contributed by atoms with Crippen molar-refractivity contribution >= 4 is 11.9 Å². The quantitative estimate of drug-likeness (QED) is 0.792. The number of rotatable bonds is 4. The first-order valence-corrected chi connectivity index (χ1v) is 7.46. The number of hydrogen-bond donors (Lipinski definition) is 0. The second kappa shape index (κ2) is 7.20. The van der Waals surface area contributed by atoms with Crippen LogP contribution in [0.5, 0.6) is 0 Å². The lowest BCUT2D eigenvalue weighted by Crippen LogP contribution is -2.43. The monoisotopic (exact) mass is 290 g/mol. The SMILES string of the molecule is CCOC(=O)C1CCCN(C(=O)Cc2ncccc2C)C1. The van der Waals surface area contributed by atoms with Crippen molar-refractivity contribution in [3.8, 4) is 0 Å². The highest BCUT2D eigenvalue weighted by molar-refractivity contribution is 5.80. The molecule has 1 aromatic rings. The van der Waals surface area contributed by atoms with Crippen LogP contribution >= 0.6 is 0 Å². The van der Waals surface area contributed by atoms with Crippen molar-refractivity contribution in [1.82, 2.24) is 9.88 Å². The zero-order chi connectivity index (χ0) is 15.2. The summed E-state index contributed by atoms with van der Waals surface area (Å²) in [5, 5.41) is 0. The maximum atomic E-state index is 12.4. The molecule has 1 fully saturated rings. The molecule has 1 unspecified atom stereocenters. The molecular weight excluding hydrogens is 268 g/mol. The van der Waals surface area contributed by atoms with Crippen LogP contribution in [0, 0.1) is 12.8 Å². The van der Waals surface area contributed by atoms with Gasteiger partial charge in [-0.15, -0.1) is 0 Å². The van der Waals surface area contributed by atoms with E-state index in [1.807, 2.05) is 19.1 Å². The number of aromatic nitrogens is 1. The first-order chi connectivity index (χ1) is 10.1. The summed E-state index contributed by atoms with van der Waals surface area (Å²) in [5.41, 5.74) is 1.82. The van der Waals surface area contributed by atoms with E-state index in [9.17, 15) is 9.59 Å². The van der Waals surface area contributed by atoms with Gasteiger partial charge in [0, 0.05) is 19.3 Å². The lowest BCUT2D eigenvalue weighted by Gasteiger charge is -2.31. The lowest BCUT2D eigenvalue weighted by atomic mass is 9.97. The van der Waals surface area contributed by atoms with Gasteiger partial charge < -0.3 is 9.64 Å². The van der Waals surface area contributed by atoms with Crippen LogP contribution in [0.25, 0.3) is 0 Å². The van der Waals surface area contributed by atoms with Gasteiger partial charge in [0.25, 0.3) is 0 Å². The predicted molar refractivity (Wildman–Crippen MR) is 78.6 cm³/mol. The number of carbonyl (C=O) groups excluding carboxylic acids is 2. The zero-order valence-electron chi connectivity index (χ0n) is 12.7. The Morgan fingerprint density at radius 1 is 1.48 bits per heavy atom. The van der Waals surface area contributed by atoms with Crippen LogP contribution in [0.1, 0.15) is 31.0 Å². The van der Waals surface area contributed by atoms with Crippen molar-refractivity contribution in [2.24, 2.45) is 5.92 Å². The molecule has 0 aliphatic carbocycles. The van der Waals surface area contributed by atoms with E-state index in [1.165, 1.54) is 0 Å². The molecule has 1 atom stereocenters. The third-order valence-corrected chi connectivity index (χ3v) is 3.83. The lowest BCUT2D eigenvalue weighted by molar-refractivity contribution is -0.151. The number of esters is 1.